The van der Waals surface area contributed by atoms with Crippen molar-refractivity contribution in [3.05, 3.63) is 35.9 Å². The van der Waals surface area contributed by atoms with E-state index in [0.717, 1.165) is 0 Å². The van der Waals surface area contributed by atoms with Crippen LogP contribution in [-0.2, 0) is 20.7 Å². The van der Waals surface area contributed by atoms with Gasteiger partial charge in [-0.2, -0.15) is 0 Å². The number of hydrogen-bond donors (Lipinski definition) is 0. The molecule has 0 aliphatic carbocycles. The van der Waals surface area contributed by atoms with Gasteiger partial charge < -0.3 is 4.74 Å². The summed E-state index contributed by atoms with van der Waals surface area (Å²) in [5.74, 6) is -1.25. The zero-order chi connectivity index (χ0) is 12.0. The molecule has 0 aliphatic heterocycles. The van der Waals surface area contributed by atoms with Crippen LogP contribution >= 0.6 is 0 Å². The molecule has 0 aromatic heterocycles. The Balaban J connectivity index is 2.52. The normalized spacial score (nSPS) is 13.7. The Morgan fingerprint density at radius 3 is 2.79 bits per heavy atom. The fourth-order valence-corrected chi connectivity index (χ4v) is 0.879. The van der Waals surface area contributed by atoms with E-state index in [1.54, 1.807) is 30.3 Å². The summed E-state index contributed by atoms with van der Waals surface area (Å²) in [6.07, 6.45) is -1.14. The van der Waals surface area contributed by atoms with Gasteiger partial charge in [-0.15, -0.1) is 0 Å². The summed E-state index contributed by atoms with van der Waals surface area (Å²) in [5.41, 5.74) is 0.519. The molecule has 1 aromatic carbocycles. The molecular weight excluding hydrogens is 180 g/mol. The highest BCUT2D eigenvalue weighted by Gasteiger charge is 2.04. The molecule has 0 spiro atoms. The van der Waals surface area contributed by atoms with Gasteiger partial charge in [-0.25, -0.2) is 0 Å². The number of benzene rings is 1. The first-order valence-corrected chi connectivity index (χ1v) is 4.10. The van der Waals surface area contributed by atoms with Crippen LogP contribution < -0.4 is 0 Å². The van der Waals surface area contributed by atoms with E-state index in [1.165, 1.54) is 0 Å². The highest BCUT2D eigenvalue weighted by atomic mass is 16.5. The lowest BCUT2D eigenvalue weighted by molar-refractivity contribution is -0.146. The number of esters is 1. The summed E-state index contributed by atoms with van der Waals surface area (Å²) in [5, 5.41) is 0. The van der Waals surface area contributed by atoms with Crippen molar-refractivity contribution in [3.8, 4) is 0 Å². The number of Topliss-reactive ketones (excluding diaryl/α,β-unsaturated/α-hetero) is 1. The summed E-state index contributed by atoms with van der Waals surface area (Å²) in [4.78, 5) is 22.1. The summed E-state index contributed by atoms with van der Waals surface area (Å²) in [6, 6.07) is 8.51. The third kappa shape index (κ3) is 3.85. The molecule has 74 valence electrons. The van der Waals surface area contributed by atoms with Crippen molar-refractivity contribution < 1.29 is 17.1 Å². The maximum Gasteiger partial charge on any atom is 0.310 e. The van der Waals surface area contributed by atoms with E-state index >= 15 is 0 Å². The van der Waals surface area contributed by atoms with Crippen LogP contribution in [-0.4, -0.2) is 18.4 Å². The first-order valence-electron chi connectivity index (χ1n) is 5.38. The minimum atomic E-state index is -1.14. The summed E-state index contributed by atoms with van der Waals surface area (Å²) >= 11 is 0. The van der Waals surface area contributed by atoms with Gasteiger partial charge in [0, 0.05) is 2.74 Å². The van der Waals surface area contributed by atoms with Gasteiger partial charge in [0.25, 0.3) is 0 Å². The van der Waals surface area contributed by atoms with Crippen molar-refractivity contribution in [2.75, 3.05) is 6.61 Å². The maximum absolute atomic E-state index is 11.3. The lowest BCUT2D eigenvalue weighted by Gasteiger charge is -2.01. The number of carbonyl (C=O) groups excluding carboxylic acids is 2. The predicted octanol–water partition coefficient (Wildman–Crippen LogP) is 1.36. The van der Waals surface area contributed by atoms with Gasteiger partial charge in [0.2, 0.25) is 0 Å². The first-order chi connectivity index (χ1) is 7.65. The molecule has 0 heterocycles. The molecule has 0 bridgehead atoms. The van der Waals surface area contributed by atoms with Crippen LogP contribution in [0, 0.1) is 0 Å². The second-order valence-electron chi connectivity index (χ2n) is 2.70. The van der Waals surface area contributed by atoms with Crippen LogP contribution in [0.15, 0.2) is 30.3 Å². The molecule has 0 amide bonds. The Bertz CT molecular complexity index is 365. The molecule has 1 unspecified atom stereocenters. The molecule has 0 saturated carbocycles. The fraction of sp³-hybridized carbons (Fsp3) is 0.273. The summed E-state index contributed by atoms with van der Waals surface area (Å²) < 4.78 is 18.9. The van der Waals surface area contributed by atoms with Crippen LogP contribution in [0.5, 0.6) is 0 Å². The van der Waals surface area contributed by atoms with Gasteiger partial charge in [-0.3, -0.25) is 9.59 Å². The van der Waals surface area contributed by atoms with Crippen LogP contribution in [0.2, 0.25) is 0 Å². The Labute approximate surface area is 85.5 Å². The van der Waals surface area contributed by atoms with Crippen molar-refractivity contribution in [2.45, 2.75) is 13.3 Å². The lowest BCUT2D eigenvalue weighted by atomic mass is 10.2. The number of hydrogen-bond acceptors (Lipinski definition) is 3. The fourth-order valence-electron chi connectivity index (χ4n) is 0.879. The SMILES string of the molecule is [2H]CC(=O)COC(=O)C([2H])c1ccccc1. The Morgan fingerprint density at radius 1 is 1.43 bits per heavy atom. The van der Waals surface area contributed by atoms with Crippen molar-refractivity contribution in [1.82, 2.24) is 0 Å². The number of rotatable bonds is 4. The van der Waals surface area contributed by atoms with Crippen LogP contribution in [0.4, 0.5) is 0 Å². The molecule has 1 rings (SSSR count). The highest BCUT2D eigenvalue weighted by molar-refractivity contribution is 5.80. The summed E-state index contributed by atoms with van der Waals surface area (Å²) in [7, 11) is 0. The molecule has 1 atom stereocenters. The van der Waals surface area contributed by atoms with Crippen LogP contribution in [0.3, 0.4) is 0 Å². The third-order valence-corrected chi connectivity index (χ3v) is 1.46. The van der Waals surface area contributed by atoms with E-state index in [0.29, 0.717) is 5.56 Å². The van der Waals surface area contributed by atoms with E-state index in [1.807, 2.05) is 0 Å². The Kier molecular flexibility index (Phi) is 2.86. The molecule has 0 fully saturated rings. The minimum absolute atomic E-state index is 0.415. The monoisotopic (exact) mass is 194 g/mol. The predicted molar refractivity (Wildman–Crippen MR) is 51.8 cm³/mol. The Morgan fingerprint density at radius 2 is 2.14 bits per heavy atom. The maximum atomic E-state index is 11.3. The molecule has 0 radical (unpaired) electrons. The number of ketones is 1. The van der Waals surface area contributed by atoms with Crippen molar-refractivity contribution >= 4 is 11.8 Å². The van der Waals surface area contributed by atoms with Gasteiger partial charge in [0.1, 0.15) is 6.61 Å². The quantitative estimate of drug-likeness (QED) is 0.680. The molecule has 0 saturated heterocycles. The molecule has 3 heteroatoms. The zero-order valence-electron chi connectivity index (χ0n) is 9.60. The molecule has 3 nitrogen and oxygen atoms in total. The molecule has 0 N–H and O–H groups in total. The molecular formula is C11H12O3. The second-order valence-corrected chi connectivity index (χ2v) is 2.70. The van der Waals surface area contributed by atoms with Crippen LogP contribution in [0.25, 0.3) is 0 Å². The summed E-state index contributed by atoms with van der Waals surface area (Å²) in [6.45, 7) is -0.841. The first kappa shape index (κ1) is 7.74. The van der Waals surface area contributed by atoms with Gasteiger partial charge in [-0.1, -0.05) is 30.3 Å². The molecule has 14 heavy (non-hydrogen) atoms. The minimum Gasteiger partial charge on any atom is -0.457 e. The van der Waals surface area contributed by atoms with Gasteiger partial charge in [-0.05, 0) is 12.5 Å². The third-order valence-electron chi connectivity index (χ3n) is 1.46. The molecule has 1 aromatic rings. The van der Waals surface area contributed by atoms with E-state index < -0.39 is 31.7 Å². The largest absolute Gasteiger partial charge is 0.457 e. The average molecular weight is 194 g/mol. The standard InChI is InChI=1S/C11H12O3/c1-9(12)8-14-11(13)7-10-5-3-2-4-6-10/h2-6H,7-8H2,1H3/i1D,7D. The van der Waals surface area contributed by atoms with Crippen molar-refractivity contribution in [1.29, 1.82) is 0 Å². The van der Waals surface area contributed by atoms with Gasteiger partial charge in [0.05, 0.1) is 6.40 Å². The van der Waals surface area contributed by atoms with E-state index in [4.69, 9.17) is 2.74 Å². The van der Waals surface area contributed by atoms with Gasteiger partial charge in [0.15, 0.2) is 5.78 Å². The smallest absolute Gasteiger partial charge is 0.310 e. The lowest BCUT2D eigenvalue weighted by Crippen LogP contribution is -2.13. The van der Waals surface area contributed by atoms with Crippen molar-refractivity contribution in [2.24, 2.45) is 0 Å². The van der Waals surface area contributed by atoms with Crippen LogP contribution in [0.1, 0.15) is 15.2 Å². The van der Waals surface area contributed by atoms with Crippen molar-refractivity contribution in [3.63, 3.8) is 0 Å². The van der Waals surface area contributed by atoms with Gasteiger partial charge >= 0.3 is 5.97 Å². The zero-order valence-corrected chi connectivity index (χ0v) is 7.60. The van der Waals surface area contributed by atoms with E-state index in [-0.39, 0.29) is 0 Å². The van der Waals surface area contributed by atoms with E-state index in [9.17, 15) is 9.59 Å². The number of ether oxygens (including phenoxy) is 1. The Hall–Kier alpha value is -1.64. The average Bonchev–Trinajstić information content (AvgIpc) is 2.35. The van der Waals surface area contributed by atoms with E-state index in [2.05, 4.69) is 4.74 Å². The molecule has 0 aliphatic rings. The number of carbonyl (C=O) groups is 2. The topological polar surface area (TPSA) is 43.4 Å². The highest BCUT2D eigenvalue weighted by Crippen LogP contribution is 2.00. The second kappa shape index (κ2) is 5.17.